The van der Waals surface area contributed by atoms with Gasteiger partial charge in [0.1, 0.15) is 0 Å². The first-order chi connectivity index (χ1) is 9.80. The zero-order valence-electron chi connectivity index (χ0n) is 13.8. The Bertz CT molecular complexity index is 562. The highest BCUT2D eigenvalue weighted by Gasteiger charge is 2.36. The molecular formula is C18H27NO2. The van der Waals surface area contributed by atoms with Crippen molar-refractivity contribution >= 4 is 5.78 Å². The van der Waals surface area contributed by atoms with E-state index in [0.717, 1.165) is 44.6 Å². The van der Waals surface area contributed by atoms with Crippen molar-refractivity contribution in [2.24, 2.45) is 10.8 Å². The number of carbonyl (C=O) groups is 1. The number of ketones is 1. The van der Waals surface area contributed by atoms with E-state index in [4.69, 9.17) is 4.74 Å². The molecule has 0 saturated carbocycles. The van der Waals surface area contributed by atoms with Crippen LogP contribution in [0, 0.1) is 17.8 Å². The number of aromatic nitrogens is 1. The Kier molecular flexibility index (Phi) is 3.52. The summed E-state index contributed by atoms with van der Waals surface area (Å²) >= 11 is 0. The highest BCUT2D eigenvalue weighted by Crippen LogP contribution is 2.39. The first kappa shape index (κ1) is 14.8. The van der Waals surface area contributed by atoms with Gasteiger partial charge in [-0.25, -0.2) is 0 Å². The average molecular weight is 289 g/mol. The van der Waals surface area contributed by atoms with Crippen molar-refractivity contribution in [1.82, 2.24) is 4.57 Å². The Morgan fingerprint density at radius 1 is 1.19 bits per heavy atom. The predicted octanol–water partition coefficient (Wildman–Crippen LogP) is 3.77. The summed E-state index contributed by atoms with van der Waals surface area (Å²) in [6.07, 6.45) is 3.90. The van der Waals surface area contributed by atoms with Gasteiger partial charge in [0.15, 0.2) is 5.78 Å². The van der Waals surface area contributed by atoms with Crippen LogP contribution < -0.4 is 0 Å². The molecule has 0 amide bonds. The quantitative estimate of drug-likeness (QED) is 0.830. The maximum absolute atomic E-state index is 12.4. The number of hydrogen-bond acceptors (Lipinski definition) is 2. The molecular weight excluding hydrogens is 262 g/mol. The van der Waals surface area contributed by atoms with E-state index in [-0.39, 0.29) is 5.41 Å². The van der Waals surface area contributed by atoms with Gasteiger partial charge in [-0.2, -0.15) is 0 Å². The number of hydrogen-bond donors (Lipinski definition) is 0. The van der Waals surface area contributed by atoms with Gasteiger partial charge in [-0.1, -0.05) is 20.8 Å². The van der Waals surface area contributed by atoms with Crippen molar-refractivity contribution in [1.29, 1.82) is 0 Å². The van der Waals surface area contributed by atoms with E-state index in [0.29, 0.717) is 17.6 Å². The van der Waals surface area contributed by atoms with Crippen LogP contribution in [0.25, 0.3) is 0 Å². The van der Waals surface area contributed by atoms with Crippen LogP contribution >= 0.6 is 0 Å². The molecule has 2 aliphatic rings. The fourth-order valence-corrected chi connectivity index (χ4v) is 3.83. The third kappa shape index (κ3) is 2.80. The fraction of sp³-hybridized carbons (Fsp3) is 0.722. The summed E-state index contributed by atoms with van der Waals surface area (Å²) in [5.41, 5.74) is 3.85. The zero-order valence-corrected chi connectivity index (χ0v) is 13.8. The summed E-state index contributed by atoms with van der Waals surface area (Å²) < 4.78 is 7.93. The standard InChI is InChI=1S/C18H27NO2/c1-13-9-14-15(10-17(2,3)11-16(14)20)19(13)12-18(4)5-7-21-8-6-18/h9H,5-8,10-12H2,1-4H3. The maximum Gasteiger partial charge on any atom is 0.165 e. The molecule has 116 valence electrons. The second kappa shape index (κ2) is 4.98. The van der Waals surface area contributed by atoms with Crippen molar-refractivity contribution < 1.29 is 9.53 Å². The van der Waals surface area contributed by atoms with Crippen molar-refractivity contribution in [3.8, 4) is 0 Å². The van der Waals surface area contributed by atoms with Gasteiger partial charge < -0.3 is 9.30 Å². The summed E-state index contributed by atoms with van der Waals surface area (Å²) in [7, 11) is 0. The first-order valence-electron chi connectivity index (χ1n) is 8.10. The predicted molar refractivity (Wildman–Crippen MR) is 83.8 cm³/mol. The largest absolute Gasteiger partial charge is 0.381 e. The van der Waals surface area contributed by atoms with Gasteiger partial charge in [0, 0.05) is 43.1 Å². The summed E-state index contributed by atoms with van der Waals surface area (Å²) in [4.78, 5) is 12.4. The van der Waals surface area contributed by atoms with Gasteiger partial charge in [-0.3, -0.25) is 4.79 Å². The van der Waals surface area contributed by atoms with E-state index in [9.17, 15) is 4.79 Å². The summed E-state index contributed by atoms with van der Waals surface area (Å²) in [6, 6.07) is 2.11. The summed E-state index contributed by atoms with van der Waals surface area (Å²) in [6.45, 7) is 11.7. The molecule has 1 aliphatic carbocycles. The minimum atomic E-state index is 0.0865. The molecule has 0 unspecified atom stereocenters. The Morgan fingerprint density at radius 3 is 2.52 bits per heavy atom. The Hall–Kier alpha value is -1.09. The van der Waals surface area contributed by atoms with E-state index >= 15 is 0 Å². The number of carbonyl (C=O) groups excluding carboxylic acids is 1. The zero-order chi connectivity index (χ0) is 15.3. The number of ether oxygens (including phenoxy) is 1. The molecule has 3 rings (SSSR count). The van der Waals surface area contributed by atoms with Crippen LogP contribution in [0.4, 0.5) is 0 Å². The van der Waals surface area contributed by atoms with Gasteiger partial charge in [-0.05, 0) is 43.1 Å². The molecule has 0 radical (unpaired) electrons. The third-order valence-corrected chi connectivity index (χ3v) is 5.24. The van der Waals surface area contributed by atoms with E-state index in [1.165, 1.54) is 11.4 Å². The van der Waals surface area contributed by atoms with E-state index in [1.807, 2.05) is 0 Å². The molecule has 1 aromatic heterocycles. The Morgan fingerprint density at radius 2 is 1.86 bits per heavy atom. The van der Waals surface area contributed by atoms with Gasteiger partial charge in [-0.15, -0.1) is 0 Å². The van der Waals surface area contributed by atoms with Gasteiger partial charge >= 0.3 is 0 Å². The van der Waals surface area contributed by atoms with Gasteiger partial charge in [0.25, 0.3) is 0 Å². The molecule has 21 heavy (non-hydrogen) atoms. The van der Waals surface area contributed by atoms with Crippen molar-refractivity contribution in [2.75, 3.05) is 13.2 Å². The van der Waals surface area contributed by atoms with Crippen molar-refractivity contribution in [3.63, 3.8) is 0 Å². The molecule has 1 aromatic rings. The number of nitrogens with zero attached hydrogens (tertiary/aromatic N) is 1. The number of rotatable bonds is 2. The minimum absolute atomic E-state index is 0.0865. The summed E-state index contributed by atoms with van der Waals surface area (Å²) in [5.74, 6) is 0.320. The lowest BCUT2D eigenvalue weighted by atomic mass is 9.76. The van der Waals surface area contributed by atoms with Crippen LogP contribution in [0.15, 0.2) is 6.07 Å². The van der Waals surface area contributed by atoms with Gasteiger partial charge in [0.05, 0.1) is 0 Å². The van der Waals surface area contributed by atoms with Crippen molar-refractivity contribution in [3.05, 3.63) is 23.0 Å². The normalized spacial score (nSPS) is 23.9. The number of Topliss-reactive ketones (excluding diaryl/α,β-unsaturated/α-hetero) is 1. The monoisotopic (exact) mass is 289 g/mol. The SMILES string of the molecule is Cc1cc2c(n1CC1(C)CCOCC1)CC(C)(C)CC2=O. The second-order valence-corrected chi connectivity index (χ2v) is 8.10. The number of aryl methyl sites for hydroxylation is 1. The fourth-order valence-electron chi connectivity index (χ4n) is 3.83. The van der Waals surface area contributed by atoms with Crippen LogP contribution in [0.2, 0.25) is 0 Å². The molecule has 3 heteroatoms. The molecule has 3 nitrogen and oxygen atoms in total. The van der Waals surface area contributed by atoms with E-state index in [2.05, 4.69) is 38.3 Å². The van der Waals surface area contributed by atoms with Crippen LogP contribution in [0.5, 0.6) is 0 Å². The van der Waals surface area contributed by atoms with Crippen LogP contribution in [0.1, 0.15) is 61.8 Å². The molecule has 0 atom stereocenters. The maximum atomic E-state index is 12.4. The van der Waals surface area contributed by atoms with Crippen LogP contribution in [-0.2, 0) is 17.7 Å². The molecule has 1 aliphatic heterocycles. The second-order valence-electron chi connectivity index (χ2n) is 8.10. The van der Waals surface area contributed by atoms with Crippen LogP contribution in [0.3, 0.4) is 0 Å². The molecule has 1 fully saturated rings. The van der Waals surface area contributed by atoms with E-state index < -0.39 is 0 Å². The molecule has 2 heterocycles. The minimum Gasteiger partial charge on any atom is -0.381 e. The summed E-state index contributed by atoms with van der Waals surface area (Å²) in [5, 5.41) is 0. The Labute approximate surface area is 127 Å². The molecule has 0 N–H and O–H groups in total. The smallest absolute Gasteiger partial charge is 0.165 e. The molecule has 0 bridgehead atoms. The van der Waals surface area contributed by atoms with E-state index in [1.54, 1.807) is 0 Å². The highest BCUT2D eigenvalue weighted by molar-refractivity contribution is 5.99. The van der Waals surface area contributed by atoms with Crippen molar-refractivity contribution in [2.45, 2.75) is 59.9 Å². The lowest BCUT2D eigenvalue weighted by Crippen LogP contribution is -2.34. The molecule has 0 spiro atoms. The molecule has 0 aromatic carbocycles. The lowest BCUT2D eigenvalue weighted by Gasteiger charge is -2.36. The third-order valence-electron chi connectivity index (χ3n) is 5.24. The first-order valence-corrected chi connectivity index (χ1v) is 8.10. The average Bonchev–Trinajstić information content (AvgIpc) is 2.67. The number of fused-ring (bicyclic) bond motifs is 1. The molecule has 1 saturated heterocycles. The van der Waals surface area contributed by atoms with Gasteiger partial charge in [0.2, 0.25) is 0 Å². The lowest BCUT2D eigenvalue weighted by molar-refractivity contribution is 0.0147. The highest BCUT2D eigenvalue weighted by atomic mass is 16.5. The Balaban J connectivity index is 1.95. The van der Waals surface area contributed by atoms with Crippen LogP contribution in [-0.4, -0.2) is 23.6 Å². The topological polar surface area (TPSA) is 31.2 Å².